The summed E-state index contributed by atoms with van der Waals surface area (Å²) in [6.07, 6.45) is 1.66. The van der Waals surface area contributed by atoms with E-state index in [0.29, 0.717) is 17.0 Å². The summed E-state index contributed by atoms with van der Waals surface area (Å²) in [5.74, 6) is 0.0318. The summed E-state index contributed by atoms with van der Waals surface area (Å²) in [7, 11) is 3.79. The maximum Gasteiger partial charge on any atom is 0.222 e. The zero-order chi connectivity index (χ0) is 33.2. The van der Waals surface area contributed by atoms with Gasteiger partial charge in [-0.2, -0.15) is 0 Å². The van der Waals surface area contributed by atoms with Gasteiger partial charge in [0.25, 0.3) is 0 Å². The number of nitrogens with one attached hydrogen (secondary N) is 1. The van der Waals surface area contributed by atoms with Crippen LogP contribution in [0.15, 0.2) is 97.6 Å². The van der Waals surface area contributed by atoms with E-state index >= 15 is 0 Å². The highest BCUT2D eigenvalue weighted by atomic mass is 31.2. The van der Waals surface area contributed by atoms with E-state index in [2.05, 4.69) is 75.7 Å². The number of imidazole rings is 1. The molecule has 244 valence electrons. The van der Waals surface area contributed by atoms with Crippen molar-refractivity contribution in [1.29, 1.82) is 0 Å². The number of amides is 1. The molecule has 1 unspecified atom stereocenters. The van der Waals surface area contributed by atoms with Crippen LogP contribution in [0, 0.1) is 6.92 Å². The Labute approximate surface area is 275 Å². The van der Waals surface area contributed by atoms with Gasteiger partial charge in [-0.15, -0.1) is 0 Å². The number of rotatable bonds is 11. The van der Waals surface area contributed by atoms with Crippen molar-refractivity contribution in [2.45, 2.75) is 43.5 Å². The van der Waals surface area contributed by atoms with Crippen LogP contribution in [0.5, 0.6) is 0 Å². The first-order valence-corrected chi connectivity index (χ1v) is 16.6. The lowest BCUT2D eigenvalue weighted by molar-refractivity contribution is -0.114. The molecule has 12 heteroatoms. The van der Waals surface area contributed by atoms with Gasteiger partial charge in [-0.05, 0) is 37.7 Å². The van der Waals surface area contributed by atoms with Gasteiger partial charge in [-0.3, -0.25) is 14.0 Å². The number of carbonyl (C=O) groups is 1. The Morgan fingerprint density at radius 3 is 2.21 bits per heavy atom. The number of aromatic nitrogens is 4. The van der Waals surface area contributed by atoms with E-state index in [1.807, 2.05) is 55.2 Å². The molecule has 2 aromatic heterocycles. The van der Waals surface area contributed by atoms with E-state index in [0.717, 1.165) is 22.3 Å². The second kappa shape index (κ2) is 13.6. The summed E-state index contributed by atoms with van der Waals surface area (Å²) >= 11 is 0. The first kappa shape index (κ1) is 32.8. The second-order valence-electron chi connectivity index (χ2n) is 11.8. The van der Waals surface area contributed by atoms with Crippen molar-refractivity contribution in [3.05, 3.63) is 120 Å². The molecular formula is C35H39N6O5P. The average Bonchev–Trinajstić information content (AvgIpc) is 3.65. The minimum Gasteiger partial charge on any atom is -0.379 e. The number of carbonyl (C=O) groups excluding carboxylic acids is 1. The molecular weight excluding hydrogens is 615 g/mol. The molecule has 3 aromatic carbocycles. The highest BCUT2D eigenvalue weighted by Crippen LogP contribution is 2.60. The Kier molecular flexibility index (Phi) is 9.48. The molecule has 0 saturated carbocycles. The molecule has 0 bridgehead atoms. The molecule has 1 amide bonds. The summed E-state index contributed by atoms with van der Waals surface area (Å²) in [6, 6.07) is 28.5. The second-order valence-corrected chi connectivity index (χ2v) is 14.3. The van der Waals surface area contributed by atoms with E-state index < -0.39 is 31.6 Å². The average molecular weight is 655 g/mol. The SMILES string of the molecule is COP(N(C)C)[C@@]1(O)C[C@H](n2cnc3c(NC(C)=O)ncnc32)O[C@@H]1COC(c1ccccc1)(c1ccccc1)c1ccc(C)cc1. The zero-order valence-electron chi connectivity index (χ0n) is 27.1. The van der Waals surface area contributed by atoms with Crippen molar-refractivity contribution >= 4 is 31.2 Å². The summed E-state index contributed by atoms with van der Waals surface area (Å²) in [6.45, 7) is 3.49. The van der Waals surface area contributed by atoms with Gasteiger partial charge < -0.3 is 24.4 Å². The molecule has 2 N–H and O–H groups in total. The molecule has 0 aliphatic carbocycles. The van der Waals surface area contributed by atoms with Crippen LogP contribution in [-0.2, 0) is 24.4 Å². The van der Waals surface area contributed by atoms with Crippen molar-refractivity contribution in [3.8, 4) is 0 Å². The molecule has 47 heavy (non-hydrogen) atoms. The fourth-order valence-corrected chi connectivity index (χ4v) is 8.38. The normalized spacial score (nSPS) is 20.5. The number of anilines is 1. The van der Waals surface area contributed by atoms with Crippen LogP contribution in [0.2, 0.25) is 0 Å². The Morgan fingerprint density at radius 2 is 1.64 bits per heavy atom. The first-order chi connectivity index (χ1) is 22.7. The molecule has 11 nitrogen and oxygen atoms in total. The quantitative estimate of drug-likeness (QED) is 0.138. The lowest BCUT2D eigenvalue weighted by Gasteiger charge is -2.40. The van der Waals surface area contributed by atoms with Crippen molar-refractivity contribution in [3.63, 3.8) is 0 Å². The lowest BCUT2D eigenvalue weighted by Crippen LogP contribution is -2.45. The molecule has 1 fully saturated rings. The maximum atomic E-state index is 12.6. The summed E-state index contributed by atoms with van der Waals surface area (Å²) in [4.78, 5) is 24.9. The van der Waals surface area contributed by atoms with Crippen molar-refractivity contribution in [2.24, 2.45) is 0 Å². The van der Waals surface area contributed by atoms with Gasteiger partial charge in [-0.1, -0.05) is 90.5 Å². The number of ether oxygens (including phenoxy) is 2. The molecule has 1 aliphatic heterocycles. The number of aryl methyl sites for hydroxylation is 1. The van der Waals surface area contributed by atoms with Gasteiger partial charge >= 0.3 is 0 Å². The summed E-state index contributed by atoms with van der Waals surface area (Å²) in [5.41, 5.74) is 3.83. The van der Waals surface area contributed by atoms with Crippen LogP contribution in [0.4, 0.5) is 5.82 Å². The van der Waals surface area contributed by atoms with Gasteiger partial charge in [0.05, 0.1) is 12.9 Å². The summed E-state index contributed by atoms with van der Waals surface area (Å²) < 4.78 is 23.5. The highest BCUT2D eigenvalue weighted by molar-refractivity contribution is 7.51. The third-order valence-corrected chi connectivity index (χ3v) is 10.6. The largest absolute Gasteiger partial charge is 0.379 e. The maximum absolute atomic E-state index is 12.6. The van der Waals surface area contributed by atoms with Crippen LogP contribution in [0.25, 0.3) is 11.2 Å². The van der Waals surface area contributed by atoms with Crippen LogP contribution in [0.1, 0.15) is 41.8 Å². The highest BCUT2D eigenvalue weighted by Gasteiger charge is 2.56. The zero-order valence-corrected chi connectivity index (χ0v) is 28.0. The van der Waals surface area contributed by atoms with Gasteiger partial charge in [-0.25, -0.2) is 15.0 Å². The number of aliphatic hydroxyl groups is 1. The van der Waals surface area contributed by atoms with Gasteiger partial charge in [0, 0.05) is 20.5 Å². The molecule has 0 spiro atoms. The predicted molar refractivity (Wildman–Crippen MR) is 181 cm³/mol. The Bertz CT molecular complexity index is 1780. The van der Waals surface area contributed by atoms with Crippen molar-refractivity contribution in [2.75, 3.05) is 33.1 Å². The molecule has 5 aromatic rings. The number of fused-ring (bicyclic) bond motifs is 1. The molecule has 3 heterocycles. The lowest BCUT2D eigenvalue weighted by atomic mass is 9.79. The number of hydrogen-bond donors (Lipinski definition) is 2. The summed E-state index contributed by atoms with van der Waals surface area (Å²) in [5, 5.41) is 13.8. The van der Waals surface area contributed by atoms with E-state index in [-0.39, 0.29) is 18.9 Å². The van der Waals surface area contributed by atoms with E-state index in [1.165, 1.54) is 13.3 Å². The van der Waals surface area contributed by atoms with Crippen molar-refractivity contribution in [1.82, 2.24) is 24.2 Å². The van der Waals surface area contributed by atoms with Crippen LogP contribution in [-0.4, -0.2) is 74.5 Å². The van der Waals surface area contributed by atoms with E-state index in [9.17, 15) is 9.90 Å². The predicted octanol–water partition coefficient (Wildman–Crippen LogP) is 5.60. The Balaban J connectivity index is 1.43. The third-order valence-electron chi connectivity index (χ3n) is 8.41. The third kappa shape index (κ3) is 6.18. The Hall–Kier alpha value is -4.09. The van der Waals surface area contributed by atoms with Gasteiger partial charge in [0.2, 0.25) is 5.91 Å². The molecule has 1 aliphatic rings. The minimum absolute atomic E-state index is 0.0272. The minimum atomic E-state index is -1.56. The first-order valence-electron chi connectivity index (χ1n) is 15.3. The molecule has 1 saturated heterocycles. The van der Waals surface area contributed by atoms with Crippen LogP contribution in [0.3, 0.4) is 0 Å². The molecule has 0 radical (unpaired) electrons. The van der Waals surface area contributed by atoms with E-state index in [4.69, 9.17) is 14.0 Å². The molecule has 6 rings (SSSR count). The van der Waals surface area contributed by atoms with Crippen LogP contribution >= 0.6 is 8.30 Å². The fourth-order valence-electron chi connectivity index (χ4n) is 6.35. The van der Waals surface area contributed by atoms with Crippen molar-refractivity contribution < 1.29 is 23.9 Å². The fraction of sp³-hybridized carbons (Fsp3) is 0.314. The standard InChI is InChI=1S/C35H39N6O5P/c1-24-16-18-28(19-17-24)35(26-12-8-6-9-13-26,27-14-10-7-11-15-27)45-21-29-34(43,47(44-5)40(3)4)20-30(46-29)41-23-38-31-32(39-25(2)42)36-22-37-33(31)41/h6-19,22-23,29-30,43H,20-21H2,1-5H3,(H,36,37,39,42)/t29-,30-,34+,47?/m1/s1. The monoisotopic (exact) mass is 654 g/mol. The van der Waals surface area contributed by atoms with Gasteiger partial charge in [0.15, 0.2) is 22.3 Å². The number of nitrogens with zero attached hydrogens (tertiary/aromatic N) is 5. The van der Waals surface area contributed by atoms with Gasteiger partial charge in [0.1, 0.15) is 32.6 Å². The topological polar surface area (TPSA) is 124 Å². The van der Waals surface area contributed by atoms with E-state index in [1.54, 1.807) is 18.0 Å². The Morgan fingerprint density at radius 1 is 1.02 bits per heavy atom. The number of benzene rings is 3. The van der Waals surface area contributed by atoms with Crippen LogP contribution < -0.4 is 5.32 Å². The number of hydrogen-bond acceptors (Lipinski definition) is 9. The molecule has 4 atom stereocenters. The smallest absolute Gasteiger partial charge is 0.222 e.